The fourth-order valence-electron chi connectivity index (χ4n) is 16.0. The van der Waals surface area contributed by atoms with Crippen LogP contribution in [-0.2, 0) is 27.1 Å². The maximum atomic E-state index is 12.7. The number of carboxylic acids is 1. The molecule has 5 nitrogen and oxygen atoms in total. The Morgan fingerprint density at radius 1 is 0.878 bits per heavy atom. The number of rotatable bonds is 8. The third-order valence-electron chi connectivity index (χ3n) is 18.4. The van der Waals surface area contributed by atoms with Gasteiger partial charge in [-0.2, -0.15) is 0 Å². The highest BCUT2D eigenvalue weighted by Gasteiger charge is 2.80. The van der Waals surface area contributed by atoms with E-state index in [0.717, 1.165) is 64.4 Å². The number of aliphatic hydroxyl groups is 1. The van der Waals surface area contributed by atoms with Gasteiger partial charge in [-0.25, -0.2) is 0 Å². The molecule has 1 heterocycles. The van der Waals surface area contributed by atoms with Crippen molar-refractivity contribution in [2.75, 3.05) is 13.7 Å². The fourth-order valence-corrected chi connectivity index (χ4v) is 16.0. The molecule has 1 saturated heterocycles. The van der Waals surface area contributed by atoms with Crippen LogP contribution in [0.15, 0.2) is 24.3 Å². The van der Waals surface area contributed by atoms with Crippen LogP contribution in [0, 0.1) is 68.0 Å². The molecule has 0 radical (unpaired) electrons. The molecule has 14 unspecified atom stereocenters. The zero-order valence-electron chi connectivity index (χ0n) is 31.8. The molecule has 8 rings (SSSR count). The topological polar surface area (TPSA) is 76.0 Å². The van der Waals surface area contributed by atoms with Crippen LogP contribution >= 0.6 is 0 Å². The number of hydrogen-bond acceptors (Lipinski definition) is 4. The summed E-state index contributed by atoms with van der Waals surface area (Å²) in [4.78, 5) is 12.7. The molecule has 7 fully saturated rings. The summed E-state index contributed by atoms with van der Waals surface area (Å²) in [5.41, 5.74) is 2.78. The van der Waals surface area contributed by atoms with E-state index < -0.39 is 17.2 Å². The highest BCUT2D eigenvalue weighted by molar-refractivity contribution is 5.74. The Bertz CT molecular complexity index is 1460. The minimum atomic E-state index is -1.01. The van der Waals surface area contributed by atoms with E-state index in [1.165, 1.54) is 49.7 Å². The second kappa shape index (κ2) is 11.3. The lowest BCUT2D eigenvalue weighted by molar-refractivity contribution is -0.311. The van der Waals surface area contributed by atoms with E-state index in [-0.39, 0.29) is 39.1 Å². The first-order valence-corrected chi connectivity index (χ1v) is 20.3. The van der Waals surface area contributed by atoms with E-state index in [4.69, 9.17) is 9.47 Å². The van der Waals surface area contributed by atoms with Crippen molar-refractivity contribution in [2.24, 2.45) is 68.0 Å². The summed E-state index contributed by atoms with van der Waals surface area (Å²) < 4.78 is 12.5. The number of fused-ring (bicyclic) bond motifs is 5. The molecule has 6 aliphatic carbocycles. The van der Waals surface area contributed by atoms with E-state index in [9.17, 15) is 15.0 Å². The zero-order valence-corrected chi connectivity index (χ0v) is 31.8. The maximum absolute atomic E-state index is 12.7. The number of carboxylic acid groups (broad SMARTS) is 1. The molecule has 7 aliphatic rings. The van der Waals surface area contributed by atoms with E-state index in [1.54, 1.807) is 7.11 Å². The summed E-state index contributed by atoms with van der Waals surface area (Å²) >= 11 is 0. The van der Waals surface area contributed by atoms with Crippen LogP contribution in [0.2, 0.25) is 0 Å². The van der Waals surface area contributed by atoms with Crippen molar-refractivity contribution >= 4 is 5.97 Å². The van der Waals surface area contributed by atoms with Crippen molar-refractivity contribution in [3.8, 4) is 0 Å². The van der Waals surface area contributed by atoms with Gasteiger partial charge in [0.25, 0.3) is 0 Å². The third-order valence-corrected chi connectivity index (χ3v) is 18.4. The standard InChI is InChI=1S/C44H66O5/c1-8-9-33-43-18-16-32-40(4)22-21-38(2)19-20-39(3,37(45)46)27-34(38)41(40,5)26-31-15-14-30(36(43)42(31,32)6)25-44(33,47)49-35(43)24-29-12-10-28(11-13-29)17-23-48-7/h10-13,30-36,47H,8-9,14-27H2,1-7H3,(H,45,46). The number of benzene rings is 1. The molecule has 1 aliphatic heterocycles. The lowest BCUT2D eigenvalue weighted by Gasteiger charge is -2.78. The van der Waals surface area contributed by atoms with Gasteiger partial charge in [-0.1, -0.05) is 65.3 Å². The van der Waals surface area contributed by atoms with Gasteiger partial charge in [0, 0.05) is 24.9 Å². The van der Waals surface area contributed by atoms with E-state index >= 15 is 0 Å². The third kappa shape index (κ3) is 4.49. The minimum absolute atomic E-state index is 0.00762. The van der Waals surface area contributed by atoms with Crippen molar-refractivity contribution < 1.29 is 24.5 Å². The first kappa shape index (κ1) is 34.6. The smallest absolute Gasteiger partial charge is 0.309 e. The van der Waals surface area contributed by atoms with Crippen LogP contribution in [-0.4, -0.2) is 41.8 Å². The summed E-state index contributed by atoms with van der Waals surface area (Å²) in [6, 6.07) is 9.15. The van der Waals surface area contributed by atoms with Crippen molar-refractivity contribution in [1.82, 2.24) is 0 Å². The molecule has 49 heavy (non-hydrogen) atoms. The van der Waals surface area contributed by atoms with Crippen LogP contribution < -0.4 is 0 Å². The number of methoxy groups -OCH3 is 1. The molecule has 14 atom stereocenters. The zero-order chi connectivity index (χ0) is 34.8. The predicted octanol–water partition coefficient (Wildman–Crippen LogP) is 9.48. The summed E-state index contributed by atoms with van der Waals surface area (Å²) in [7, 11) is 1.77. The van der Waals surface area contributed by atoms with E-state index in [0.29, 0.717) is 29.6 Å². The van der Waals surface area contributed by atoms with Crippen LogP contribution in [0.4, 0.5) is 0 Å². The normalized spacial score (nSPS) is 52.5. The first-order chi connectivity index (χ1) is 23.1. The van der Waals surface area contributed by atoms with Gasteiger partial charge < -0.3 is 19.7 Å². The Labute approximate surface area is 296 Å². The summed E-state index contributed by atoms with van der Waals surface area (Å²) in [5.74, 6) is 1.39. The lowest BCUT2D eigenvalue weighted by Crippen LogP contribution is -2.73. The second-order valence-electron chi connectivity index (χ2n) is 20.2. The molecule has 5 heteroatoms. The molecule has 6 saturated carbocycles. The van der Waals surface area contributed by atoms with Crippen molar-refractivity contribution in [3.63, 3.8) is 0 Å². The molecule has 0 amide bonds. The average molecular weight is 675 g/mol. The van der Waals surface area contributed by atoms with Crippen LogP contribution in [0.3, 0.4) is 0 Å². The Balaban J connectivity index is 1.19. The molecule has 1 aromatic carbocycles. The Kier molecular flexibility index (Phi) is 7.98. The maximum Gasteiger partial charge on any atom is 0.309 e. The first-order valence-electron chi connectivity index (χ1n) is 20.3. The number of ether oxygens (including phenoxy) is 2. The summed E-state index contributed by atoms with van der Waals surface area (Å²) in [5, 5.41) is 23.0. The molecule has 2 bridgehead atoms. The van der Waals surface area contributed by atoms with Gasteiger partial charge in [0.05, 0.1) is 18.1 Å². The van der Waals surface area contributed by atoms with Crippen LogP contribution in [0.1, 0.15) is 136 Å². The molecule has 1 aromatic rings. The predicted molar refractivity (Wildman–Crippen MR) is 193 cm³/mol. The summed E-state index contributed by atoms with van der Waals surface area (Å²) in [6.07, 6.45) is 16.0. The number of aliphatic carboxylic acids is 1. The molecule has 1 spiro atoms. The Morgan fingerprint density at radius 2 is 1.59 bits per heavy atom. The highest BCUT2D eigenvalue weighted by atomic mass is 16.6. The Hall–Kier alpha value is -1.43. The minimum Gasteiger partial charge on any atom is -0.481 e. The van der Waals surface area contributed by atoms with Crippen LogP contribution in [0.25, 0.3) is 0 Å². The molecule has 2 N–H and O–H groups in total. The largest absolute Gasteiger partial charge is 0.481 e. The molecule has 0 aromatic heterocycles. The number of carbonyl (C=O) groups is 1. The van der Waals surface area contributed by atoms with Crippen molar-refractivity contribution in [3.05, 3.63) is 35.4 Å². The average Bonchev–Trinajstić information content (AvgIpc) is 3.19. The SMILES string of the molecule is CCCC1C2(O)CC3CCC4CC5(C)C6CC(C)(C(=O)O)CCC6(C)CCC5(C)C5CCC1(C(Cc1ccc(CCOC)cc1)O2)C3C45C. The molecular formula is C44H66O5. The molecule has 272 valence electrons. The van der Waals surface area contributed by atoms with E-state index in [1.807, 2.05) is 0 Å². The van der Waals surface area contributed by atoms with Gasteiger partial charge in [0.2, 0.25) is 0 Å². The second-order valence-corrected chi connectivity index (χ2v) is 20.2. The van der Waals surface area contributed by atoms with Gasteiger partial charge in [-0.15, -0.1) is 0 Å². The highest BCUT2D eigenvalue weighted by Crippen LogP contribution is 2.84. The fraction of sp³-hybridized carbons (Fsp3) is 0.841. The van der Waals surface area contributed by atoms with Gasteiger partial charge in [0.1, 0.15) is 0 Å². The Morgan fingerprint density at radius 3 is 2.29 bits per heavy atom. The lowest BCUT2D eigenvalue weighted by atomic mass is 9.26. The van der Waals surface area contributed by atoms with Gasteiger partial charge >= 0.3 is 5.97 Å². The quantitative estimate of drug-likeness (QED) is 0.287. The van der Waals surface area contributed by atoms with Crippen molar-refractivity contribution in [1.29, 1.82) is 0 Å². The van der Waals surface area contributed by atoms with Crippen molar-refractivity contribution in [2.45, 2.75) is 150 Å². The van der Waals surface area contributed by atoms with Crippen LogP contribution in [0.5, 0.6) is 0 Å². The van der Waals surface area contributed by atoms with E-state index in [2.05, 4.69) is 65.8 Å². The monoisotopic (exact) mass is 674 g/mol. The van der Waals surface area contributed by atoms with Gasteiger partial charge in [-0.05, 0) is 153 Å². The summed E-state index contributed by atoms with van der Waals surface area (Å²) in [6.45, 7) is 15.7. The van der Waals surface area contributed by atoms with Gasteiger partial charge in [0.15, 0.2) is 5.79 Å². The molecular weight excluding hydrogens is 608 g/mol. The number of hydrogen-bond donors (Lipinski definition) is 2. The van der Waals surface area contributed by atoms with Gasteiger partial charge in [-0.3, -0.25) is 4.79 Å².